The van der Waals surface area contributed by atoms with Crippen molar-refractivity contribution in [1.82, 2.24) is 4.90 Å². The molecule has 2 rings (SSSR count). The first-order valence-corrected chi connectivity index (χ1v) is 7.92. The first-order chi connectivity index (χ1) is 11.0. The lowest BCUT2D eigenvalue weighted by Crippen LogP contribution is -2.30. The van der Waals surface area contributed by atoms with Gasteiger partial charge in [0, 0.05) is 18.0 Å². The van der Waals surface area contributed by atoms with Gasteiger partial charge in [0.2, 0.25) is 0 Å². The summed E-state index contributed by atoms with van der Waals surface area (Å²) in [5.74, 6) is 0.679. The van der Waals surface area contributed by atoms with E-state index in [1.54, 1.807) is 36.2 Å². The number of methoxy groups -OCH3 is 1. The average molecular weight is 351 g/mol. The second kappa shape index (κ2) is 7.86. The van der Waals surface area contributed by atoms with Crippen molar-refractivity contribution in [3.05, 3.63) is 45.1 Å². The fourth-order valence-electron chi connectivity index (χ4n) is 1.86. The normalized spacial score (nSPS) is 10.0. The van der Waals surface area contributed by atoms with Gasteiger partial charge in [-0.2, -0.15) is 5.26 Å². The maximum Gasteiger partial charge on any atom is 0.260 e. The molecule has 1 heterocycles. The minimum Gasteiger partial charge on any atom is -0.493 e. The Kier molecular flexibility index (Phi) is 5.85. The van der Waals surface area contributed by atoms with Gasteiger partial charge in [-0.3, -0.25) is 4.79 Å². The molecule has 0 aliphatic heterocycles. The standard InChI is InChI=1S/C16H15ClN2O3S/c1-19(9-12-4-6-15(17)23-12)16(20)10-22-13-5-3-11(8-18)7-14(13)21-2/h3-7H,9-10H2,1-2H3. The lowest BCUT2D eigenvalue weighted by molar-refractivity contribution is -0.132. The number of hydrogen-bond donors (Lipinski definition) is 0. The third kappa shape index (κ3) is 4.62. The number of carbonyl (C=O) groups excluding carboxylic acids is 1. The number of thiophene rings is 1. The molecular weight excluding hydrogens is 336 g/mol. The third-order valence-corrected chi connectivity index (χ3v) is 4.31. The summed E-state index contributed by atoms with van der Waals surface area (Å²) in [5.41, 5.74) is 0.465. The second-order valence-corrected chi connectivity index (χ2v) is 6.52. The van der Waals surface area contributed by atoms with E-state index in [1.165, 1.54) is 18.4 Å². The topological polar surface area (TPSA) is 62.6 Å². The third-order valence-electron chi connectivity index (χ3n) is 3.09. The number of halogens is 1. The lowest BCUT2D eigenvalue weighted by Gasteiger charge is -2.17. The molecular formula is C16H15ClN2O3S. The van der Waals surface area contributed by atoms with Gasteiger partial charge in [-0.1, -0.05) is 11.6 Å². The molecule has 0 fully saturated rings. The van der Waals surface area contributed by atoms with Crippen LogP contribution in [-0.2, 0) is 11.3 Å². The van der Waals surface area contributed by atoms with Crippen LogP contribution < -0.4 is 9.47 Å². The number of amides is 1. The van der Waals surface area contributed by atoms with E-state index >= 15 is 0 Å². The van der Waals surface area contributed by atoms with Gasteiger partial charge in [-0.15, -0.1) is 11.3 Å². The van der Waals surface area contributed by atoms with Gasteiger partial charge in [-0.25, -0.2) is 0 Å². The van der Waals surface area contributed by atoms with Crippen molar-refractivity contribution in [3.63, 3.8) is 0 Å². The van der Waals surface area contributed by atoms with Crippen LogP contribution in [0, 0.1) is 11.3 Å². The Morgan fingerprint density at radius 3 is 2.74 bits per heavy atom. The summed E-state index contributed by atoms with van der Waals surface area (Å²) in [7, 11) is 3.19. The largest absolute Gasteiger partial charge is 0.493 e. The highest BCUT2D eigenvalue weighted by Crippen LogP contribution is 2.28. The fourth-order valence-corrected chi connectivity index (χ4v) is 3.01. The van der Waals surface area contributed by atoms with Crippen molar-refractivity contribution in [2.45, 2.75) is 6.54 Å². The van der Waals surface area contributed by atoms with Crippen LogP contribution in [0.3, 0.4) is 0 Å². The van der Waals surface area contributed by atoms with Crippen molar-refractivity contribution < 1.29 is 14.3 Å². The van der Waals surface area contributed by atoms with Crippen molar-refractivity contribution in [2.75, 3.05) is 20.8 Å². The Balaban J connectivity index is 1.94. The maximum absolute atomic E-state index is 12.1. The average Bonchev–Trinajstić information content (AvgIpc) is 2.97. The van der Waals surface area contributed by atoms with Crippen LogP contribution in [0.2, 0.25) is 4.34 Å². The zero-order valence-electron chi connectivity index (χ0n) is 12.7. The molecule has 5 nitrogen and oxygen atoms in total. The molecule has 7 heteroatoms. The zero-order chi connectivity index (χ0) is 16.8. The van der Waals surface area contributed by atoms with Crippen LogP contribution >= 0.6 is 22.9 Å². The summed E-state index contributed by atoms with van der Waals surface area (Å²) in [6, 6.07) is 10.5. The number of carbonyl (C=O) groups is 1. The van der Waals surface area contributed by atoms with Crippen LogP contribution in [-0.4, -0.2) is 31.6 Å². The van der Waals surface area contributed by atoms with Gasteiger partial charge >= 0.3 is 0 Å². The SMILES string of the molecule is COc1cc(C#N)ccc1OCC(=O)N(C)Cc1ccc(Cl)s1. The Labute approximate surface area is 143 Å². The lowest BCUT2D eigenvalue weighted by atomic mass is 10.2. The summed E-state index contributed by atoms with van der Waals surface area (Å²) >= 11 is 7.31. The van der Waals surface area contributed by atoms with Crippen molar-refractivity contribution in [1.29, 1.82) is 5.26 Å². The van der Waals surface area contributed by atoms with Gasteiger partial charge in [0.1, 0.15) is 0 Å². The molecule has 0 saturated heterocycles. The first kappa shape index (κ1) is 17.1. The maximum atomic E-state index is 12.1. The van der Waals surface area contributed by atoms with Crippen LogP contribution in [0.15, 0.2) is 30.3 Å². The minimum absolute atomic E-state index is 0.113. The van der Waals surface area contributed by atoms with Crippen molar-refractivity contribution in [2.24, 2.45) is 0 Å². The van der Waals surface area contributed by atoms with E-state index in [1.807, 2.05) is 12.1 Å². The fraction of sp³-hybridized carbons (Fsp3) is 0.250. The molecule has 1 aromatic carbocycles. The summed E-state index contributed by atoms with van der Waals surface area (Å²) < 4.78 is 11.4. The van der Waals surface area contributed by atoms with Crippen LogP contribution in [0.25, 0.3) is 0 Å². The number of ether oxygens (including phenoxy) is 2. The molecule has 2 aromatic rings. The molecule has 1 aromatic heterocycles. The molecule has 1 amide bonds. The van der Waals surface area contributed by atoms with Gasteiger partial charge in [0.05, 0.1) is 29.6 Å². The molecule has 0 atom stereocenters. The molecule has 0 bridgehead atoms. The number of likely N-dealkylation sites (N-methyl/N-ethyl adjacent to an activating group) is 1. The van der Waals surface area contributed by atoms with E-state index in [2.05, 4.69) is 0 Å². The first-order valence-electron chi connectivity index (χ1n) is 6.72. The Morgan fingerprint density at radius 1 is 1.35 bits per heavy atom. The smallest absolute Gasteiger partial charge is 0.260 e. The highest BCUT2D eigenvalue weighted by atomic mass is 35.5. The van der Waals surface area contributed by atoms with Gasteiger partial charge < -0.3 is 14.4 Å². The number of nitriles is 1. The monoisotopic (exact) mass is 350 g/mol. The number of rotatable bonds is 6. The quantitative estimate of drug-likeness (QED) is 0.801. The Morgan fingerprint density at radius 2 is 2.13 bits per heavy atom. The number of hydrogen-bond acceptors (Lipinski definition) is 5. The van der Waals surface area contributed by atoms with E-state index in [9.17, 15) is 4.79 Å². The molecule has 0 spiro atoms. The minimum atomic E-state index is -0.166. The highest BCUT2D eigenvalue weighted by molar-refractivity contribution is 7.16. The van der Waals surface area contributed by atoms with Crippen molar-refractivity contribution >= 4 is 28.8 Å². The van der Waals surface area contributed by atoms with Crippen LogP contribution in [0.5, 0.6) is 11.5 Å². The molecule has 0 unspecified atom stereocenters. The van der Waals surface area contributed by atoms with Crippen LogP contribution in [0.4, 0.5) is 0 Å². The van der Waals surface area contributed by atoms with E-state index in [0.717, 1.165) is 4.88 Å². The second-order valence-electron chi connectivity index (χ2n) is 4.72. The van der Waals surface area contributed by atoms with Crippen molar-refractivity contribution in [3.8, 4) is 17.6 Å². The van der Waals surface area contributed by atoms with E-state index in [0.29, 0.717) is 27.9 Å². The molecule has 0 N–H and O–H groups in total. The summed E-state index contributed by atoms with van der Waals surface area (Å²) in [6.45, 7) is 0.363. The van der Waals surface area contributed by atoms with Gasteiger partial charge in [0.15, 0.2) is 18.1 Å². The molecule has 0 radical (unpaired) electrons. The number of benzene rings is 1. The zero-order valence-corrected chi connectivity index (χ0v) is 14.3. The predicted octanol–water partition coefficient (Wildman–Crippen LogP) is 3.32. The summed E-state index contributed by atoms with van der Waals surface area (Å²) in [6.07, 6.45) is 0. The molecule has 120 valence electrons. The van der Waals surface area contributed by atoms with Gasteiger partial charge in [0.25, 0.3) is 5.91 Å². The highest BCUT2D eigenvalue weighted by Gasteiger charge is 2.13. The molecule has 0 aliphatic rings. The summed E-state index contributed by atoms with van der Waals surface area (Å²) in [4.78, 5) is 14.7. The molecule has 0 aliphatic carbocycles. The van der Waals surface area contributed by atoms with E-state index < -0.39 is 0 Å². The Bertz CT molecular complexity index is 739. The summed E-state index contributed by atoms with van der Waals surface area (Å²) in [5, 5.41) is 8.87. The van der Waals surface area contributed by atoms with Crippen LogP contribution in [0.1, 0.15) is 10.4 Å². The number of nitrogens with zero attached hydrogens (tertiary/aromatic N) is 2. The van der Waals surface area contributed by atoms with Gasteiger partial charge in [-0.05, 0) is 24.3 Å². The Hall–Kier alpha value is -2.23. The molecule has 0 saturated carbocycles. The predicted molar refractivity (Wildman–Crippen MR) is 89.0 cm³/mol. The van der Waals surface area contributed by atoms with E-state index in [-0.39, 0.29) is 12.5 Å². The molecule has 23 heavy (non-hydrogen) atoms. The van der Waals surface area contributed by atoms with E-state index in [4.69, 9.17) is 26.3 Å².